The van der Waals surface area contributed by atoms with E-state index in [0.29, 0.717) is 18.4 Å². The molecule has 3 aromatic rings. The van der Waals surface area contributed by atoms with E-state index in [1.807, 2.05) is 0 Å². The maximum Gasteiger partial charge on any atom is 0.235 e. The molecule has 1 aliphatic rings. The lowest BCUT2D eigenvalue weighted by Gasteiger charge is -2.02. The van der Waals surface area contributed by atoms with Crippen molar-refractivity contribution in [2.45, 2.75) is 32.2 Å². The summed E-state index contributed by atoms with van der Waals surface area (Å²) < 4.78 is 5.62. The minimum atomic E-state index is 0.487. The Morgan fingerprint density at radius 3 is 3.10 bits per heavy atom. The van der Waals surface area contributed by atoms with Crippen LogP contribution in [0, 0.1) is 6.92 Å². The quantitative estimate of drug-likeness (QED) is 0.795. The summed E-state index contributed by atoms with van der Waals surface area (Å²) in [5.41, 5.74) is 0. The van der Waals surface area contributed by atoms with E-state index in [4.69, 9.17) is 4.42 Å². The third-order valence-electron chi connectivity index (χ3n) is 3.27. The summed E-state index contributed by atoms with van der Waals surface area (Å²) in [6, 6.07) is 2.09. The van der Waals surface area contributed by atoms with Gasteiger partial charge in [0.1, 0.15) is 17.0 Å². The molecule has 0 aliphatic heterocycles. The highest BCUT2D eigenvalue weighted by Crippen LogP contribution is 2.39. The average molecular weight is 287 g/mol. The van der Waals surface area contributed by atoms with E-state index >= 15 is 0 Å². The molecule has 0 amide bonds. The van der Waals surface area contributed by atoms with Crippen molar-refractivity contribution in [1.82, 2.24) is 20.2 Å². The van der Waals surface area contributed by atoms with Gasteiger partial charge in [0.25, 0.3) is 0 Å². The summed E-state index contributed by atoms with van der Waals surface area (Å²) >= 11 is 1.66. The van der Waals surface area contributed by atoms with E-state index in [1.54, 1.807) is 17.7 Å². The molecule has 0 unspecified atom stereocenters. The molecule has 3 heterocycles. The summed E-state index contributed by atoms with van der Waals surface area (Å²) in [5.74, 6) is 2.67. The molecule has 0 saturated heterocycles. The van der Waals surface area contributed by atoms with E-state index in [9.17, 15) is 0 Å². The molecule has 4 rings (SSSR count). The number of thiophene rings is 1. The Labute approximate surface area is 119 Å². The summed E-state index contributed by atoms with van der Waals surface area (Å²) in [6.07, 6.45) is 3.90. The van der Waals surface area contributed by atoms with E-state index in [0.717, 1.165) is 34.8 Å². The zero-order valence-electron chi connectivity index (χ0n) is 11.0. The predicted octanol–water partition coefficient (Wildman–Crippen LogP) is 2.87. The molecule has 102 valence electrons. The van der Waals surface area contributed by atoms with Gasteiger partial charge in [-0.1, -0.05) is 0 Å². The highest BCUT2D eigenvalue weighted by Gasteiger charge is 2.29. The smallest absolute Gasteiger partial charge is 0.235 e. The molecule has 1 N–H and O–H groups in total. The predicted molar refractivity (Wildman–Crippen MR) is 75.8 cm³/mol. The first-order chi connectivity index (χ1) is 9.79. The van der Waals surface area contributed by atoms with Crippen LogP contribution < -0.4 is 5.32 Å². The Hall–Kier alpha value is -2.02. The third kappa shape index (κ3) is 2.14. The van der Waals surface area contributed by atoms with Crippen molar-refractivity contribution < 1.29 is 4.42 Å². The number of aromatic nitrogens is 4. The van der Waals surface area contributed by atoms with E-state index in [1.165, 1.54) is 4.88 Å². The van der Waals surface area contributed by atoms with Crippen LogP contribution in [0.2, 0.25) is 0 Å². The second kappa shape index (κ2) is 4.52. The molecule has 0 atom stereocenters. The SMILES string of the molecule is Cc1cc2c(NCc3nnc(C4CC4)o3)ncnc2s1. The summed E-state index contributed by atoms with van der Waals surface area (Å²) in [5, 5.41) is 12.4. The van der Waals surface area contributed by atoms with Crippen molar-refractivity contribution in [3.63, 3.8) is 0 Å². The number of fused-ring (bicyclic) bond motifs is 1. The zero-order valence-corrected chi connectivity index (χ0v) is 11.8. The zero-order chi connectivity index (χ0) is 13.5. The molecule has 0 bridgehead atoms. The number of aryl methyl sites for hydroxylation is 1. The van der Waals surface area contributed by atoms with Crippen LogP contribution in [-0.2, 0) is 6.54 Å². The number of hydrogen-bond acceptors (Lipinski definition) is 7. The van der Waals surface area contributed by atoms with Crippen LogP contribution in [0.4, 0.5) is 5.82 Å². The molecule has 7 heteroatoms. The minimum absolute atomic E-state index is 0.487. The van der Waals surface area contributed by atoms with E-state index in [-0.39, 0.29) is 0 Å². The normalized spacial score (nSPS) is 14.8. The van der Waals surface area contributed by atoms with Gasteiger partial charge < -0.3 is 9.73 Å². The molecule has 1 saturated carbocycles. The number of nitrogens with zero attached hydrogens (tertiary/aromatic N) is 4. The number of anilines is 1. The summed E-state index contributed by atoms with van der Waals surface area (Å²) in [6.45, 7) is 2.55. The monoisotopic (exact) mass is 287 g/mol. The molecule has 0 spiro atoms. The second-order valence-electron chi connectivity index (χ2n) is 4.96. The molecule has 1 aliphatic carbocycles. The lowest BCUT2D eigenvalue weighted by atomic mass is 10.3. The van der Waals surface area contributed by atoms with Crippen LogP contribution in [0.5, 0.6) is 0 Å². The molecule has 0 radical (unpaired) electrons. The van der Waals surface area contributed by atoms with Gasteiger partial charge in [0.05, 0.1) is 11.9 Å². The first-order valence-corrected chi connectivity index (χ1v) is 7.38. The van der Waals surface area contributed by atoms with Crippen molar-refractivity contribution >= 4 is 27.4 Å². The fraction of sp³-hybridized carbons (Fsp3) is 0.385. The summed E-state index contributed by atoms with van der Waals surface area (Å²) in [4.78, 5) is 10.8. The highest BCUT2D eigenvalue weighted by molar-refractivity contribution is 7.18. The van der Waals surface area contributed by atoms with E-state index < -0.39 is 0 Å². The average Bonchev–Trinajstić information content (AvgIpc) is 3.05. The Bertz CT molecular complexity index is 761. The van der Waals surface area contributed by atoms with Crippen molar-refractivity contribution in [2.75, 3.05) is 5.32 Å². The first-order valence-electron chi connectivity index (χ1n) is 6.57. The van der Waals surface area contributed by atoms with Crippen LogP contribution in [0.1, 0.15) is 35.4 Å². The highest BCUT2D eigenvalue weighted by atomic mass is 32.1. The Kier molecular flexibility index (Phi) is 2.66. The third-order valence-corrected chi connectivity index (χ3v) is 4.23. The maximum absolute atomic E-state index is 5.62. The number of nitrogens with one attached hydrogen (secondary N) is 1. The Morgan fingerprint density at radius 1 is 1.35 bits per heavy atom. The van der Waals surface area contributed by atoms with Gasteiger partial charge in [0.15, 0.2) is 0 Å². The number of rotatable bonds is 4. The van der Waals surface area contributed by atoms with Gasteiger partial charge in [-0.3, -0.25) is 0 Å². The van der Waals surface area contributed by atoms with Gasteiger partial charge in [-0.25, -0.2) is 9.97 Å². The molecular weight excluding hydrogens is 274 g/mol. The lowest BCUT2D eigenvalue weighted by molar-refractivity contribution is 0.457. The topological polar surface area (TPSA) is 76.7 Å². The van der Waals surface area contributed by atoms with Gasteiger partial charge in [0.2, 0.25) is 11.8 Å². The first kappa shape index (κ1) is 11.8. The van der Waals surface area contributed by atoms with Gasteiger partial charge >= 0.3 is 0 Å². The Morgan fingerprint density at radius 2 is 2.25 bits per heavy atom. The molecule has 0 aromatic carbocycles. The van der Waals surface area contributed by atoms with Crippen LogP contribution in [-0.4, -0.2) is 20.2 Å². The van der Waals surface area contributed by atoms with Crippen LogP contribution in [0.25, 0.3) is 10.2 Å². The summed E-state index contributed by atoms with van der Waals surface area (Å²) in [7, 11) is 0. The van der Waals surface area contributed by atoms with Crippen molar-refractivity contribution in [1.29, 1.82) is 0 Å². The molecule has 3 aromatic heterocycles. The van der Waals surface area contributed by atoms with Gasteiger partial charge in [-0.2, -0.15) is 0 Å². The largest absolute Gasteiger partial charge is 0.423 e. The molecule has 20 heavy (non-hydrogen) atoms. The maximum atomic E-state index is 5.62. The van der Waals surface area contributed by atoms with Crippen LogP contribution in [0.15, 0.2) is 16.8 Å². The fourth-order valence-corrected chi connectivity index (χ4v) is 2.96. The molecule has 6 nitrogen and oxygen atoms in total. The molecular formula is C13H13N5OS. The number of hydrogen-bond donors (Lipinski definition) is 1. The Balaban J connectivity index is 1.54. The fourth-order valence-electron chi connectivity index (χ4n) is 2.11. The van der Waals surface area contributed by atoms with E-state index in [2.05, 4.69) is 38.5 Å². The van der Waals surface area contributed by atoms with Crippen molar-refractivity contribution in [3.8, 4) is 0 Å². The van der Waals surface area contributed by atoms with Crippen LogP contribution in [0.3, 0.4) is 0 Å². The van der Waals surface area contributed by atoms with Crippen LogP contribution >= 0.6 is 11.3 Å². The lowest BCUT2D eigenvalue weighted by Crippen LogP contribution is -2.02. The second-order valence-corrected chi connectivity index (χ2v) is 6.19. The minimum Gasteiger partial charge on any atom is -0.423 e. The van der Waals surface area contributed by atoms with Gasteiger partial charge in [-0.15, -0.1) is 21.5 Å². The standard InChI is InChI=1S/C13H13N5OS/c1-7-4-9-11(15-6-16-13(9)20-7)14-5-10-17-18-12(19-10)8-2-3-8/h4,6,8H,2-3,5H2,1H3,(H,14,15,16). The van der Waals surface area contributed by atoms with Gasteiger partial charge in [-0.05, 0) is 25.8 Å². The van der Waals surface area contributed by atoms with Crippen molar-refractivity contribution in [2.24, 2.45) is 0 Å². The van der Waals surface area contributed by atoms with Gasteiger partial charge in [0, 0.05) is 10.8 Å². The van der Waals surface area contributed by atoms with Crippen molar-refractivity contribution in [3.05, 3.63) is 29.1 Å². The molecule has 1 fully saturated rings.